The summed E-state index contributed by atoms with van der Waals surface area (Å²) < 4.78 is 256. The SMILES string of the molecule is [2H]c1c([2H])c([2H])c(-c2c([2H])c([2H])c([2H])c(-c3nc(-c4c([2H])c([2H])c([2H])c(-c5c([2H])c([2H])c([2H])c([2H])c5[2H])c4[2H])nc(-c4c([2H])c([2H])c5c6c([2H])c([2H])c([2H])c([2H])c6c6c([2H])c([2H])c([2H])c([2H])c6c5c4[2H])n3)c2[2H])c([2H])c1[2H]. The van der Waals surface area contributed by atoms with Crippen LogP contribution in [0.4, 0.5) is 0 Å². The molecule has 0 fully saturated rings. The Balaban J connectivity index is 1.53. The third kappa shape index (κ3) is 4.99. The maximum atomic E-state index is 9.84. The van der Waals surface area contributed by atoms with Crippen LogP contribution in [0.2, 0.25) is 0 Å². The lowest BCUT2D eigenvalue weighted by atomic mass is 9.93. The number of aromatic nitrogens is 3. The molecule has 0 N–H and O–H groups in total. The van der Waals surface area contributed by atoms with E-state index in [4.69, 9.17) is 32.9 Å². The van der Waals surface area contributed by atoms with Crippen molar-refractivity contribution in [2.45, 2.75) is 0 Å². The number of benzene rings is 8. The third-order valence-electron chi connectivity index (χ3n) is 6.99. The van der Waals surface area contributed by atoms with Gasteiger partial charge < -0.3 is 0 Å². The van der Waals surface area contributed by atoms with Gasteiger partial charge in [0.15, 0.2) is 17.5 Å². The van der Waals surface area contributed by atoms with Gasteiger partial charge in [-0.3, -0.25) is 0 Å². The smallest absolute Gasteiger partial charge is 0.164 e. The molecule has 0 aliphatic rings. The monoisotopic (exact) mass is 640 g/mol. The van der Waals surface area contributed by atoms with Crippen LogP contribution in [0.1, 0.15) is 39.8 Å². The highest BCUT2D eigenvalue weighted by atomic mass is 15.0. The molecular formula is C45H29N3. The first-order valence-electron chi connectivity index (χ1n) is 28.3. The predicted octanol–water partition coefficient (Wildman–Crippen LogP) is 11.7. The molecule has 3 nitrogen and oxygen atoms in total. The van der Waals surface area contributed by atoms with E-state index < -0.39 is 264 Å². The maximum Gasteiger partial charge on any atom is 0.164 e. The average molecular weight is 641 g/mol. The minimum Gasteiger partial charge on any atom is -0.208 e. The molecule has 1 heterocycles. The Morgan fingerprint density at radius 2 is 0.583 bits per heavy atom. The minimum absolute atomic E-state index is 0.495. The van der Waals surface area contributed by atoms with E-state index in [9.17, 15) is 6.85 Å². The predicted molar refractivity (Wildman–Crippen MR) is 200 cm³/mol. The fraction of sp³-hybridized carbons (Fsp3) is 0. The van der Waals surface area contributed by atoms with Crippen LogP contribution < -0.4 is 0 Å². The lowest BCUT2D eigenvalue weighted by molar-refractivity contribution is 1.07. The maximum absolute atomic E-state index is 9.84. The van der Waals surface area contributed by atoms with Gasteiger partial charge in [-0.15, -0.1) is 0 Å². The summed E-state index contributed by atoms with van der Waals surface area (Å²) in [5.74, 6) is -2.96. The van der Waals surface area contributed by atoms with Crippen LogP contribution in [0.3, 0.4) is 0 Å². The molecule has 0 amide bonds. The van der Waals surface area contributed by atoms with Crippen LogP contribution >= 0.6 is 0 Å². The highest BCUT2D eigenvalue weighted by Gasteiger charge is 2.16. The molecule has 3 heteroatoms. The van der Waals surface area contributed by atoms with E-state index in [1.165, 1.54) is 0 Å². The van der Waals surface area contributed by atoms with E-state index in [-0.39, 0.29) is 0 Å². The number of nitrogens with zero attached hydrogens (tertiary/aromatic N) is 3. The van der Waals surface area contributed by atoms with Crippen LogP contribution in [0, 0.1) is 0 Å². The van der Waals surface area contributed by atoms with Gasteiger partial charge in [-0.2, -0.15) is 0 Å². The standard InChI is InChI=1S/C45H29N3/c1-3-13-30(14-4-1)32-17-11-19-34(27-32)43-46-44(35-20-12-18-33(28-35)31-15-5-2-6-16-31)48-45(47-43)36-25-26-41-39-23-8-7-21-37(39)38-22-9-10-24-40(38)42(41)29-36/h1-29H/i1D,2D,3D,4D,5D,6D,7D,8D,9D,10D,11D,12D,13D,14D,15D,16D,17D,18D,19D,20D,21D,22D,23D,24D,25D,26D,27D,28D,29D. The van der Waals surface area contributed by atoms with Gasteiger partial charge in [0.1, 0.15) is 0 Å². The molecule has 0 atom stereocenters. The van der Waals surface area contributed by atoms with Gasteiger partial charge in [0.05, 0.1) is 39.8 Å². The van der Waals surface area contributed by atoms with Gasteiger partial charge in [-0.05, 0) is 72.7 Å². The second kappa shape index (κ2) is 11.7. The average Bonchev–Trinajstić information content (AvgIpc) is 3.48. The minimum atomic E-state index is -1.06. The molecule has 0 saturated heterocycles. The molecule has 0 aliphatic carbocycles. The molecule has 9 aromatic rings. The molecule has 48 heavy (non-hydrogen) atoms. The molecule has 0 unspecified atom stereocenters. The lowest BCUT2D eigenvalue weighted by Crippen LogP contribution is -2.00. The normalized spacial score (nSPS) is 19.8. The molecule has 9 rings (SSSR count). The van der Waals surface area contributed by atoms with Gasteiger partial charge in [-0.1, -0.05) is 157 Å². The Morgan fingerprint density at radius 3 is 1.04 bits per heavy atom. The first-order chi connectivity index (χ1) is 35.9. The largest absolute Gasteiger partial charge is 0.208 e. The summed E-state index contributed by atoms with van der Waals surface area (Å²) in [7, 11) is 0. The van der Waals surface area contributed by atoms with Crippen LogP contribution in [0.5, 0.6) is 0 Å². The van der Waals surface area contributed by atoms with Crippen molar-refractivity contribution in [1.82, 2.24) is 15.0 Å². The van der Waals surface area contributed by atoms with E-state index >= 15 is 0 Å². The number of rotatable bonds is 5. The Bertz CT molecular complexity index is 4020. The highest BCUT2D eigenvalue weighted by Crippen LogP contribution is 2.37. The van der Waals surface area contributed by atoms with Crippen molar-refractivity contribution in [3.05, 3.63) is 175 Å². The fourth-order valence-electron chi connectivity index (χ4n) is 4.89. The van der Waals surface area contributed by atoms with Crippen LogP contribution in [0.25, 0.3) is 88.7 Å². The van der Waals surface area contributed by atoms with E-state index in [0.717, 1.165) is 0 Å². The summed E-state index contributed by atoms with van der Waals surface area (Å²) >= 11 is 0. The zero-order valence-electron chi connectivity index (χ0n) is 52.8. The van der Waals surface area contributed by atoms with Crippen molar-refractivity contribution in [3.8, 4) is 56.4 Å². The summed E-state index contributed by atoms with van der Waals surface area (Å²) in [6.45, 7) is 0. The topological polar surface area (TPSA) is 38.7 Å². The summed E-state index contributed by atoms with van der Waals surface area (Å²) in [6, 6.07) is -27.4. The van der Waals surface area contributed by atoms with Crippen molar-refractivity contribution in [1.29, 1.82) is 0 Å². The molecule has 0 spiro atoms. The second-order valence-electron chi connectivity index (χ2n) is 9.81. The van der Waals surface area contributed by atoms with E-state index in [1.807, 2.05) is 0 Å². The molecule has 224 valence electrons. The summed E-state index contributed by atoms with van der Waals surface area (Å²) in [5, 5.41) is -3.35. The third-order valence-corrected chi connectivity index (χ3v) is 6.99. The van der Waals surface area contributed by atoms with Gasteiger partial charge in [-0.25, -0.2) is 15.0 Å². The van der Waals surface area contributed by atoms with Crippen molar-refractivity contribution < 1.29 is 39.8 Å². The van der Waals surface area contributed by atoms with Crippen molar-refractivity contribution in [2.24, 2.45) is 0 Å². The van der Waals surface area contributed by atoms with Crippen LogP contribution in [0.15, 0.2) is 175 Å². The highest BCUT2D eigenvalue weighted by molar-refractivity contribution is 6.25. The summed E-state index contributed by atoms with van der Waals surface area (Å²) in [6.07, 6.45) is 0. The number of hydrogen-bond acceptors (Lipinski definition) is 3. The molecule has 1 aromatic heterocycles. The summed E-state index contributed by atoms with van der Waals surface area (Å²) in [5.41, 5.74) is -5.94. The van der Waals surface area contributed by atoms with Crippen molar-refractivity contribution in [2.75, 3.05) is 0 Å². The molecule has 0 saturated carbocycles. The Morgan fingerprint density at radius 1 is 0.250 bits per heavy atom. The number of fused-ring (bicyclic) bond motifs is 6. The van der Waals surface area contributed by atoms with Gasteiger partial charge in [0.2, 0.25) is 0 Å². The van der Waals surface area contributed by atoms with Gasteiger partial charge in [0.25, 0.3) is 0 Å². The van der Waals surface area contributed by atoms with E-state index in [2.05, 4.69) is 15.0 Å². The quantitative estimate of drug-likeness (QED) is 0.176. The Hall–Kier alpha value is -6.45. The second-order valence-corrected chi connectivity index (χ2v) is 9.81. The van der Waals surface area contributed by atoms with Crippen LogP contribution in [-0.4, -0.2) is 15.0 Å². The zero-order chi connectivity index (χ0) is 57.1. The molecule has 0 bridgehead atoms. The first-order valence-corrected chi connectivity index (χ1v) is 13.8. The molecule has 0 radical (unpaired) electrons. The fourth-order valence-corrected chi connectivity index (χ4v) is 4.89. The van der Waals surface area contributed by atoms with E-state index in [1.54, 1.807) is 0 Å². The Kier molecular flexibility index (Phi) is 2.70. The Labute approximate surface area is 319 Å². The van der Waals surface area contributed by atoms with Crippen LogP contribution in [-0.2, 0) is 0 Å². The van der Waals surface area contributed by atoms with E-state index in [0.29, 0.717) is 0 Å². The molecule has 0 aliphatic heterocycles. The molecular weight excluding hydrogens is 583 g/mol. The van der Waals surface area contributed by atoms with Crippen molar-refractivity contribution >= 4 is 32.3 Å². The van der Waals surface area contributed by atoms with Gasteiger partial charge >= 0.3 is 0 Å². The summed E-state index contributed by atoms with van der Waals surface area (Å²) in [4.78, 5) is 13.1. The molecule has 8 aromatic carbocycles. The van der Waals surface area contributed by atoms with Gasteiger partial charge in [0, 0.05) is 16.7 Å². The first kappa shape index (κ1) is 11.1. The van der Waals surface area contributed by atoms with Crippen molar-refractivity contribution in [3.63, 3.8) is 0 Å². The lowest BCUT2D eigenvalue weighted by Gasteiger charge is -2.13. The number of hydrogen-bond donors (Lipinski definition) is 0. The zero-order valence-corrected chi connectivity index (χ0v) is 23.8.